The fourth-order valence-corrected chi connectivity index (χ4v) is 1.05. The molecule has 0 unspecified atom stereocenters. The predicted octanol–water partition coefficient (Wildman–Crippen LogP) is 0.703. The predicted molar refractivity (Wildman–Crippen MR) is 56.8 cm³/mol. The molecule has 0 atom stereocenters. The molecule has 5 nitrogen and oxygen atoms in total. The molecule has 0 aliphatic rings. The number of anilines is 1. The maximum atomic E-state index is 11.0. The fourth-order valence-electron chi connectivity index (χ4n) is 1.05. The number of methoxy groups -OCH3 is 1. The standard InChI is InChI=1S/C10H15N3O2/c1-7-8(2)12-9(5-11-7)13(3)6-10(14)15-4/h5H,6H2,1-4H3. The maximum Gasteiger partial charge on any atom is 0.325 e. The van der Waals surface area contributed by atoms with Gasteiger partial charge in [-0.05, 0) is 13.8 Å². The van der Waals surface area contributed by atoms with Crippen molar-refractivity contribution in [3.8, 4) is 0 Å². The van der Waals surface area contributed by atoms with Crippen molar-refractivity contribution >= 4 is 11.8 Å². The van der Waals surface area contributed by atoms with E-state index in [0.29, 0.717) is 5.82 Å². The molecule has 0 aliphatic heterocycles. The third kappa shape index (κ3) is 2.90. The third-order valence-electron chi connectivity index (χ3n) is 2.16. The normalized spacial score (nSPS) is 9.87. The summed E-state index contributed by atoms with van der Waals surface area (Å²) in [6.07, 6.45) is 1.64. The van der Waals surface area contributed by atoms with Gasteiger partial charge in [-0.2, -0.15) is 0 Å². The van der Waals surface area contributed by atoms with Gasteiger partial charge in [-0.3, -0.25) is 9.78 Å². The van der Waals surface area contributed by atoms with Gasteiger partial charge in [-0.1, -0.05) is 0 Å². The fraction of sp³-hybridized carbons (Fsp3) is 0.500. The van der Waals surface area contributed by atoms with E-state index in [2.05, 4.69) is 14.7 Å². The van der Waals surface area contributed by atoms with E-state index in [-0.39, 0.29) is 12.5 Å². The smallest absolute Gasteiger partial charge is 0.325 e. The van der Waals surface area contributed by atoms with Crippen LogP contribution in [0.15, 0.2) is 6.20 Å². The molecule has 0 fully saturated rings. The van der Waals surface area contributed by atoms with Gasteiger partial charge in [-0.15, -0.1) is 0 Å². The second-order valence-corrected chi connectivity index (χ2v) is 3.33. The largest absolute Gasteiger partial charge is 0.468 e. The van der Waals surface area contributed by atoms with E-state index in [1.54, 1.807) is 18.1 Å². The Morgan fingerprint density at radius 3 is 2.67 bits per heavy atom. The summed E-state index contributed by atoms with van der Waals surface area (Å²) in [6, 6.07) is 0. The van der Waals surface area contributed by atoms with Crippen LogP contribution in [0.1, 0.15) is 11.4 Å². The molecule has 1 aromatic heterocycles. The molecule has 0 aromatic carbocycles. The van der Waals surface area contributed by atoms with Crippen LogP contribution < -0.4 is 4.90 Å². The highest BCUT2D eigenvalue weighted by Gasteiger charge is 2.09. The van der Waals surface area contributed by atoms with Gasteiger partial charge in [0.15, 0.2) is 0 Å². The average Bonchev–Trinajstić information content (AvgIpc) is 2.21. The molecule has 0 amide bonds. The Labute approximate surface area is 89.1 Å². The summed E-state index contributed by atoms with van der Waals surface area (Å²) in [7, 11) is 3.14. The number of aryl methyl sites for hydroxylation is 2. The van der Waals surface area contributed by atoms with Crippen molar-refractivity contribution in [2.45, 2.75) is 13.8 Å². The summed E-state index contributed by atoms with van der Waals surface area (Å²) in [5.74, 6) is 0.376. The zero-order valence-electron chi connectivity index (χ0n) is 9.44. The Morgan fingerprint density at radius 2 is 2.13 bits per heavy atom. The summed E-state index contributed by atoms with van der Waals surface area (Å²) < 4.78 is 4.57. The van der Waals surface area contributed by atoms with E-state index in [4.69, 9.17) is 0 Å². The molecule has 0 saturated heterocycles. The van der Waals surface area contributed by atoms with Gasteiger partial charge in [0.2, 0.25) is 0 Å². The number of carbonyl (C=O) groups is 1. The van der Waals surface area contributed by atoms with Crippen molar-refractivity contribution in [2.24, 2.45) is 0 Å². The van der Waals surface area contributed by atoms with Gasteiger partial charge in [0.1, 0.15) is 12.4 Å². The highest BCUT2D eigenvalue weighted by atomic mass is 16.5. The van der Waals surface area contributed by atoms with Gasteiger partial charge < -0.3 is 9.64 Å². The van der Waals surface area contributed by atoms with Crippen molar-refractivity contribution in [3.05, 3.63) is 17.6 Å². The van der Waals surface area contributed by atoms with Crippen molar-refractivity contribution in [3.63, 3.8) is 0 Å². The van der Waals surface area contributed by atoms with Gasteiger partial charge in [-0.25, -0.2) is 4.98 Å². The number of hydrogen-bond acceptors (Lipinski definition) is 5. The lowest BCUT2D eigenvalue weighted by Crippen LogP contribution is -2.27. The lowest BCUT2D eigenvalue weighted by atomic mass is 10.3. The molecule has 0 aliphatic carbocycles. The van der Waals surface area contributed by atoms with Crippen LogP contribution in [0, 0.1) is 13.8 Å². The quantitative estimate of drug-likeness (QED) is 0.686. The molecular formula is C10H15N3O2. The first-order chi connectivity index (χ1) is 7.04. The first kappa shape index (κ1) is 11.4. The van der Waals surface area contributed by atoms with Crippen LogP contribution in [-0.2, 0) is 9.53 Å². The van der Waals surface area contributed by atoms with Crippen LogP contribution in [0.25, 0.3) is 0 Å². The summed E-state index contributed by atoms with van der Waals surface area (Å²) >= 11 is 0. The highest BCUT2D eigenvalue weighted by Crippen LogP contribution is 2.09. The Bertz CT molecular complexity index is 366. The molecule has 1 heterocycles. The Morgan fingerprint density at radius 1 is 1.47 bits per heavy atom. The minimum absolute atomic E-state index is 0.174. The zero-order valence-corrected chi connectivity index (χ0v) is 9.44. The first-order valence-electron chi connectivity index (χ1n) is 4.62. The van der Waals surface area contributed by atoms with Crippen LogP contribution in [0.5, 0.6) is 0 Å². The number of aromatic nitrogens is 2. The van der Waals surface area contributed by atoms with E-state index in [0.717, 1.165) is 11.4 Å². The number of carbonyl (C=O) groups excluding carboxylic acids is 1. The van der Waals surface area contributed by atoms with Gasteiger partial charge in [0.05, 0.1) is 24.7 Å². The monoisotopic (exact) mass is 209 g/mol. The molecule has 1 rings (SSSR count). The summed E-state index contributed by atoms with van der Waals surface area (Å²) in [5, 5.41) is 0. The second kappa shape index (κ2) is 4.72. The number of rotatable bonds is 3. The number of likely N-dealkylation sites (N-methyl/N-ethyl adjacent to an activating group) is 1. The van der Waals surface area contributed by atoms with Gasteiger partial charge in [0, 0.05) is 7.05 Å². The lowest BCUT2D eigenvalue weighted by molar-refractivity contribution is -0.138. The Balaban J connectivity index is 2.78. The van der Waals surface area contributed by atoms with Crippen LogP contribution in [0.2, 0.25) is 0 Å². The maximum absolute atomic E-state index is 11.0. The van der Waals surface area contributed by atoms with Crippen LogP contribution in [-0.4, -0.2) is 36.6 Å². The molecule has 0 radical (unpaired) electrons. The molecule has 0 spiro atoms. The van der Waals surface area contributed by atoms with Gasteiger partial charge >= 0.3 is 5.97 Å². The molecule has 0 saturated carbocycles. The molecule has 0 bridgehead atoms. The van der Waals surface area contributed by atoms with E-state index >= 15 is 0 Å². The van der Waals surface area contributed by atoms with Crippen LogP contribution >= 0.6 is 0 Å². The Kier molecular flexibility index (Phi) is 3.60. The minimum atomic E-state index is -0.294. The molecule has 15 heavy (non-hydrogen) atoms. The highest BCUT2D eigenvalue weighted by molar-refractivity contribution is 5.74. The van der Waals surface area contributed by atoms with E-state index in [1.165, 1.54) is 7.11 Å². The number of esters is 1. The average molecular weight is 209 g/mol. The summed E-state index contributed by atoms with van der Waals surface area (Å²) in [5.41, 5.74) is 1.76. The third-order valence-corrected chi connectivity index (χ3v) is 2.16. The SMILES string of the molecule is COC(=O)CN(C)c1cnc(C)c(C)n1. The van der Waals surface area contributed by atoms with Gasteiger partial charge in [0.25, 0.3) is 0 Å². The zero-order chi connectivity index (χ0) is 11.4. The number of ether oxygens (including phenoxy) is 1. The van der Waals surface area contributed by atoms with Crippen molar-refractivity contribution < 1.29 is 9.53 Å². The first-order valence-corrected chi connectivity index (χ1v) is 4.62. The van der Waals surface area contributed by atoms with Crippen LogP contribution in [0.4, 0.5) is 5.82 Å². The molecule has 1 aromatic rings. The molecular weight excluding hydrogens is 194 g/mol. The number of hydrogen-bond donors (Lipinski definition) is 0. The minimum Gasteiger partial charge on any atom is -0.468 e. The Hall–Kier alpha value is -1.65. The van der Waals surface area contributed by atoms with Crippen molar-refractivity contribution in [2.75, 3.05) is 25.6 Å². The summed E-state index contributed by atoms with van der Waals surface area (Å²) in [6.45, 7) is 3.96. The number of nitrogens with zero attached hydrogens (tertiary/aromatic N) is 3. The van der Waals surface area contributed by atoms with Crippen LogP contribution in [0.3, 0.4) is 0 Å². The lowest BCUT2D eigenvalue weighted by Gasteiger charge is -2.16. The molecule has 0 N–H and O–H groups in total. The second-order valence-electron chi connectivity index (χ2n) is 3.33. The topological polar surface area (TPSA) is 55.3 Å². The van der Waals surface area contributed by atoms with E-state index in [1.807, 2.05) is 13.8 Å². The molecule has 82 valence electrons. The van der Waals surface area contributed by atoms with Crippen molar-refractivity contribution in [1.29, 1.82) is 0 Å². The summed E-state index contributed by atoms with van der Waals surface area (Å²) in [4.78, 5) is 21.2. The van der Waals surface area contributed by atoms with Crippen molar-refractivity contribution in [1.82, 2.24) is 9.97 Å². The molecule has 5 heteroatoms. The van der Waals surface area contributed by atoms with E-state index in [9.17, 15) is 4.79 Å². The van der Waals surface area contributed by atoms with E-state index < -0.39 is 0 Å².